The van der Waals surface area contributed by atoms with Gasteiger partial charge >= 0.3 is 0 Å². The highest BCUT2D eigenvalue weighted by Crippen LogP contribution is 2.46. The van der Waals surface area contributed by atoms with E-state index in [1.165, 1.54) is 0 Å². The summed E-state index contributed by atoms with van der Waals surface area (Å²) in [6, 6.07) is 0.800. The molecule has 1 N–H and O–H groups in total. The van der Waals surface area contributed by atoms with Crippen molar-refractivity contribution in [3.05, 3.63) is 0 Å². The molecule has 2 fully saturated rings. The second-order valence-corrected chi connectivity index (χ2v) is 5.18. The van der Waals surface area contributed by atoms with Gasteiger partial charge in [-0.15, -0.1) is 0 Å². The quantitative estimate of drug-likeness (QED) is 0.678. The van der Waals surface area contributed by atoms with Crippen LogP contribution in [0.5, 0.6) is 0 Å². The molecule has 1 saturated heterocycles. The van der Waals surface area contributed by atoms with Gasteiger partial charge in [0.1, 0.15) is 0 Å². The Morgan fingerprint density at radius 3 is 2.64 bits per heavy atom. The van der Waals surface area contributed by atoms with Gasteiger partial charge in [0, 0.05) is 30.6 Å². The lowest BCUT2D eigenvalue weighted by Crippen LogP contribution is -2.57. The molecule has 0 radical (unpaired) electrons. The molecular formula is C11H20N2O. The van der Waals surface area contributed by atoms with Crippen molar-refractivity contribution in [2.45, 2.75) is 45.7 Å². The Morgan fingerprint density at radius 2 is 2.07 bits per heavy atom. The molecule has 3 heteroatoms. The van der Waals surface area contributed by atoms with E-state index in [4.69, 9.17) is 0 Å². The maximum Gasteiger partial charge on any atom is 0.228 e. The van der Waals surface area contributed by atoms with Crippen molar-refractivity contribution in [1.82, 2.24) is 10.2 Å². The van der Waals surface area contributed by atoms with Gasteiger partial charge < -0.3 is 10.2 Å². The summed E-state index contributed by atoms with van der Waals surface area (Å²) >= 11 is 0. The van der Waals surface area contributed by atoms with Crippen LogP contribution >= 0.6 is 0 Å². The van der Waals surface area contributed by atoms with Crippen molar-refractivity contribution in [2.75, 3.05) is 13.1 Å². The van der Waals surface area contributed by atoms with E-state index < -0.39 is 0 Å². The van der Waals surface area contributed by atoms with E-state index in [0.717, 1.165) is 25.9 Å². The van der Waals surface area contributed by atoms with Crippen LogP contribution in [0.4, 0.5) is 0 Å². The predicted octanol–water partition coefficient (Wildman–Crippen LogP) is 0.995. The van der Waals surface area contributed by atoms with Crippen LogP contribution in [0, 0.1) is 5.41 Å². The number of carbonyl (C=O) groups is 1. The third-order valence-corrected chi connectivity index (χ3v) is 3.54. The molecule has 1 amide bonds. The molecule has 0 spiro atoms. The minimum Gasteiger partial charge on any atom is -0.337 e. The lowest BCUT2D eigenvalue weighted by atomic mass is 10.0. The molecule has 2 rings (SSSR count). The Bertz CT molecular complexity index is 248. The predicted molar refractivity (Wildman–Crippen MR) is 56.0 cm³/mol. The fraction of sp³-hybridized carbons (Fsp3) is 0.909. The number of nitrogens with one attached hydrogen (secondary N) is 1. The molecule has 14 heavy (non-hydrogen) atoms. The summed E-state index contributed by atoms with van der Waals surface area (Å²) in [7, 11) is 0. The first kappa shape index (κ1) is 9.97. The molecule has 0 aromatic carbocycles. The van der Waals surface area contributed by atoms with Crippen molar-refractivity contribution in [1.29, 1.82) is 0 Å². The SMILES string of the molecule is CC1CN(C(=O)C2(C)CC2)C(C)CN1. The largest absolute Gasteiger partial charge is 0.337 e. The highest BCUT2D eigenvalue weighted by molar-refractivity contribution is 5.85. The van der Waals surface area contributed by atoms with Crippen molar-refractivity contribution in [2.24, 2.45) is 5.41 Å². The molecule has 80 valence electrons. The Morgan fingerprint density at radius 1 is 1.43 bits per heavy atom. The summed E-state index contributed by atoms with van der Waals surface area (Å²) in [5.74, 6) is 0.373. The number of rotatable bonds is 1. The molecule has 3 nitrogen and oxygen atoms in total. The smallest absolute Gasteiger partial charge is 0.228 e. The Hall–Kier alpha value is -0.570. The molecule has 2 atom stereocenters. The number of piperazine rings is 1. The fourth-order valence-corrected chi connectivity index (χ4v) is 2.05. The van der Waals surface area contributed by atoms with Gasteiger partial charge in [0.05, 0.1) is 0 Å². The van der Waals surface area contributed by atoms with E-state index in [2.05, 4.69) is 31.0 Å². The molecule has 2 unspecified atom stereocenters. The molecule has 1 aliphatic carbocycles. The molecule has 0 aromatic heterocycles. The lowest BCUT2D eigenvalue weighted by molar-refractivity contribution is -0.139. The van der Waals surface area contributed by atoms with E-state index in [-0.39, 0.29) is 5.41 Å². The monoisotopic (exact) mass is 196 g/mol. The molecular weight excluding hydrogens is 176 g/mol. The normalized spacial score (nSPS) is 35.5. The van der Waals surface area contributed by atoms with Crippen LogP contribution in [0.2, 0.25) is 0 Å². The summed E-state index contributed by atoms with van der Waals surface area (Å²) < 4.78 is 0. The first-order valence-corrected chi connectivity index (χ1v) is 5.57. The van der Waals surface area contributed by atoms with Crippen LogP contribution < -0.4 is 5.32 Å². The van der Waals surface area contributed by atoms with Crippen molar-refractivity contribution in [3.8, 4) is 0 Å². The Balaban J connectivity index is 2.04. The van der Waals surface area contributed by atoms with Crippen LogP contribution in [0.3, 0.4) is 0 Å². The number of nitrogens with zero attached hydrogens (tertiary/aromatic N) is 1. The second kappa shape index (κ2) is 3.23. The van der Waals surface area contributed by atoms with Gasteiger partial charge in [0.15, 0.2) is 0 Å². The van der Waals surface area contributed by atoms with Crippen molar-refractivity contribution in [3.63, 3.8) is 0 Å². The van der Waals surface area contributed by atoms with Gasteiger partial charge in [0.25, 0.3) is 0 Å². The molecule has 1 heterocycles. The van der Waals surface area contributed by atoms with Gasteiger partial charge in [-0.25, -0.2) is 0 Å². The van der Waals surface area contributed by atoms with Crippen LogP contribution in [-0.4, -0.2) is 36.0 Å². The summed E-state index contributed by atoms with van der Waals surface area (Å²) in [6.07, 6.45) is 2.16. The number of hydrogen-bond acceptors (Lipinski definition) is 2. The fourth-order valence-electron chi connectivity index (χ4n) is 2.05. The van der Waals surface area contributed by atoms with Gasteiger partial charge in [-0.05, 0) is 26.7 Å². The average Bonchev–Trinajstić information content (AvgIpc) is 2.88. The third kappa shape index (κ3) is 1.65. The molecule has 1 saturated carbocycles. The van der Waals surface area contributed by atoms with Gasteiger partial charge in [-0.3, -0.25) is 4.79 Å². The number of carbonyl (C=O) groups excluding carboxylic acids is 1. The Kier molecular flexibility index (Phi) is 2.30. The summed E-state index contributed by atoms with van der Waals surface area (Å²) in [4.78, 5) is 14.2. The first-order valence-electron chi connectivity index (χ1n) is 5.57. The van der Waals surface area contributed by atoms with E-state index in [1.54, 1.807) is 0 Å². The van der Waals surface area contributed by atoms with Crippen LogP contribution in [0.1, 0.15) is 33.6 Å². The zero-order valence-electron chi connectivity index (χ0n) is 9.34. The van der Waals surface area contributed by atoms with Crippen molar-refractivity contribution >= 4 is 5.91 Å². The lowest BCUT2D eigenvalue weighted by Gasteiger charge is -2.39. The molecule has 0 bridgehead atoms. The number of hydrogen-bond donors (Lipinski definition) is 1. The van der Waals surface area contributed by atoms with E-state index in [1.807, 2.05) is 0 Å². The Labute approximate surface area is 85.8 Å². The van der Waals surface area contributed by atoms with E-state index in [9.17, 15) is 4.79 Å². The second-order valence-electron chi connectivity index (χ2n) is 5.18. The highest BCUT2D eigenvalue weighted by atomic mass is 16.2. The molecule has 1 aliphatic heterocycles. The van der Waals surface area contributed by atoms with E-state index >= 15 is 0 Å². The van der Waals surface area contributed by atoms with Crippen molar-refractivity contribution < 1.29 is 4.79 Å². The van der Waals surface area contributed by atoms with Gasteiger partial charge in [-0.2, -0.15) is 0 Å². The maximum absolute atomic E-state index is 12.1. The third-order valence-electron chi connectivity index (χ3n) is 3.54. The summed E-state index contributed by atoms with van der Waals surface area (Å²) in [5.41, 5.74) is -0.00861. The average molecular weight is 196 g/mol. The highest BCUT2D eigenvalue weighted by Gasteiger charge is 2.48. The molecule has 2 aliphatic rings. The van der Waals surface area contributed by atoms with Crippen LogP contribution in [0.25, 0.3) is 0 Å². The van der Waals surface area contributed by atoms with Gasteiger partial charge in [0.2, 0.25) is 5.91 Å². The van der Waals surface area contributed by atoms with E-state index in [0.29, 0.717) is 18.0 Å². The van der Waals surface area contributed by atoms with Crippen LogP contribution in [-0.2, 0) is 4.79 Å². The maximum atomic E-state index is 12.1. The zero-order valence-corrected chi connectivity index (χ0v) is 9.34. The number of amides is 1. The summed E-state index contributed by atoms with van der Waals surface area (Å²) in [6.45, 7) is 8.16. The van der Waals surface area contributed by atoms with Gasteiger partial charge in [-0.1, -0.05) is 6.92 Å². The zero-order chi connectivity index (χ0) is 10.3. The molecule has 0 aromatic rings. The minimum atomic E-state index is -0.00861. The van der Waals surface area contributed by atoms with Crippen LogP contribution in [0.15, 0.2) is 0 Å². The minimum absolute atomic E-state index is 0.00861. The first-order chi connectivity index (χ1) is 6.53. The standard InChI is InChI=1S/C11H20N2O/c1-8-7-13(9(2)6-12-8)10(14)11(3)4-5-11/h8-9,12H,4-7H2,1-3H3. The summed E-state index contributed by atoms with van der Waals surface area (Å²) in [5, 5.41) is 3.39. The topological polar surface area (TPSA) is 32.3 Å².